The fourth-order valence-electron chi connectivity index (χ4n) is 8.27. The fourth-order valence-corrected chi connectivity index (χ4v) is 9.43. The van der Waals surface area contributed by atoms with Crippen LogP contribution >= 0.6 is 11.8 Å². The van der Waals surface area contributed by atoms with Gasteiger partial charge in [0.2, 0.25) is 0 Å². The summed E-state index contributed by atoms with van der Waals surface area (Å²) >= 11 is 2.01. The summed E-state index contributed by atoms with van der Waals surface area (Å²) in [4.78, 5) is 21.9. The Morgan fingerprint density at radius 2 is 2.12 bits per heavy atom. The van der Waals surface area contributed by atoms with Crippen LogP contribution < -0.4 is 5.73 Å². The van der Waals surface area contributed by atoms with Gasteiger partial charge in [-0.05, 0) is 106 Å². The third kappa shape index (κ3) is 4.19. The van der Waals surface area contributed by atoms with Crippen molar-refractivity contribution in [2.45, 2.75) is 90.2 Å². The number of fused-ring (bicyclic) bond motifs is 2. The van der Waals surface area contributed by atoms with E-state index in [0.717, 1.165) is 79.8 Å². The maximum atomic E-state index is 13.3. The standard InChI is InChI=1S/C27H41N3O2S/c1-4-33-23(17(2)6-5-7-20-15-29-18(3)30-24(20)28)8-9-32-25(31)26-12-19-10-21-11-22(14-26)27(21,13-19)16-26/h15,17,19,21-23H,4-14,16H2,1-3H3,(H2,28,29,30). The highest BCUT2D eigenvalue weighted by atomic mass is 32.2. The molecule has 1 spiro atoms. The lowest BCUT2D eigenvalue weighted by atomic mass is 9.55. The first-order valence-corrected chi connectivity index (χ1v) is 14.3. The Morgan fingerprint density at radius 1 is 1.27 bits per heavy atom. The van der Waals surface area contributed by atoms with Crippen molar-refractivity contribution >= 4 is 23.5 Å². The average molecular weight is 472 g/mol. The number of nitrogens with two attached hydrogens (primary N) is 1. The van der Waals surface area contributed by atoms with Crippen molar-refractivity contribution in [3.8, 4) is 0 Å². The lowest BCUT2D eigenvalue weighted by Crippen LogP contribution is -2.42. The van der Waals surface area contributed by atoms with Crippen molar-refractivity contribution in [2.75, 3.05) is 18.1 Å². The first-order valence-electron chi connectivity index (χ1n) is 13.2. The highest BCUT2D eigenvalue weighted by Crippen LogP contribution is 2.78. The first-order chi connectivity index (χ1) is 15.8. The minimum absolute atomic E-state index is 0.131. The topological polar surface area (TPSA) is 78.1 Å². The smallest absolute Gasteiger partial charge is 0.312 e. The van der Waals surface area contributed by atoms with Gasteiger partial charge in [-0.1, -0.05) is 13.8 Å². The molecule has 182 valence electrons. The number of thioether (sulfide) groups is 1. The lowest BCUT2D eigenvalue weighted by Gasteiger charge is -2.49. The zero-order chi connectivity index (χ0) is 23.2. The number of hydrogen-bond donors (Lipinski definition) is 1. The van der Waals surface area contributed by atoms with Crippen LogP contribution in [0.1, 0.15) is 83.0 Å². The maximum absolute atomic E-state index is 13.3. The summed E-state index contributed by atoms with van der Waals surface area (Å²) < 4.78 is 6.03. The van der Waals surface area contributed by atoms with Gasteiger partial charge in [-0.2, -0.15) is 11.8 Å². The molecule has 5 nitrogen and oxygen atoms in total. The summed E-state index contributed by atoms with van der Waals surface area (Å²) in [5.41, 5.74) is 7.52. The van der Waals surface area contributed by atoms with Crippen molar-refractivity contribution in [3.05, 3.63) is 17.6 Å². The Labute approximate surface area is 203 Å². The highest BCUT2D eigenvalue weighted by molar-refractivity contribution is 7.99. The largest absolute Gasteiger partial charge is 0.465 e. The second-order valence-corrected chi connectivity index (χ2v) is 13.2. The Bertz CT molecular complexity index is 890. The molecule has 33 heavy (non-hydrogen) atoms. The molecular formula is C27H41N3O2S. The number of ether oxygens (including phenoxy) is 1. The molecule has 2 N–H and O–H groups in total. The highest BCUT2D eigenvalue weighted by Gasteiger charge is 2.72. The van der Waals surface area contributed by atoms with E-state index in [2.05, 4.69) is 23.8 Å². The van der Waals surface area contributed by atoms with E-state index >= 15 is 0 Å². The minimum Gasteiger partial charge on any atom is -0.465 e. The van der Waals surface area contributed by atoms with Crippen LogP contribution in [0.5, 0.6) is 0 Å². The van der Waals surface area contributed by atoms with Crippen LogP contribution in [0.4, 0.5) is 5.82 Å². The molecule has 1 aromatic heterocycles. The molecule has 0 amide bonds. The van der Waals surface area contributed by atoms with E-state index in [1.807, 2.05) is 24.9 Å². The van der Waals surface area contributed by atoms with Crippen molar-refractivity contribution in [1.29, 1.82) is 0 Å². The zero-order valence-electron chi connectivity index (χ0n) is 20.6. The molecule has 1 heterocycles. The number of aromatic nitrogens is 2. The summed E-state index contributed by atoms with van der Waals surface area (Å²) in [5, 5.41) is 0.525. The van der Waals surface area contributed by atoms with E-state index in [1.165, 1.54) is 19.3 Å². The van der Waals surface area contributed by atoms with E-state index in [-0.39, 0.29) is 11.4 Å². The van der Waals surface area contributed by atoms with Gasteiger partial charge in [0.1, 0.15) is 11.6 Å². The van der Waals surface area contributed by atoms with Gasteiger partial charge in [-0.25, -0.2) is 9.97 Å². The predicted octanol–water partition coefficient (Wildman–Crippen LogP) is 5.60. The number of anilines is 1. The lowest BCUT2D eigenvalue weighted by molar-refractivity contribution is -0.158. The number of esters is 1. The summed E-state index contributed by atoms with van der Waals surface area (Å²) in [6.45, 7) is 7.01. The quantitative estimate of drug-likeness (QED) is 0.423. The minimum atomic E-state index is -0.131. The third-order valence-electron chi connectivity index (χ3n) is 9.67. The van der Waals surface area contributed by atoms with Gasteiger partial charge in [-0.3, -0.25) is 4.79 Å². The summed E-state index contributed by atoms with van der Waals surface area (Å²) in [6, 6.07) is 0. The molecule has 0 aromatic carbocycles. The fraction of sp³-hybridized carbons (Fsp3) is 0.815. The molecule has 7 atom stereocenters. The Morgan fingerprint density at radius 3 is 2.91 bits per heavy atom. The molecule has 4 aliphatic rings. The molecule has 4 saturated carbocycles. The number of rotatable bonds is 11. The van der Waals surface area contributed by atoms with Crippen molar-refractivity contribution in [2.24, 2.45) is 34.5 Å². The van der Waals surface area contributed by atoms with E-state index in [4.69, 9.17) is 10.5 Å². The van der Waals surface area contributed by atoms with E-state index in [1.54, 1.807) is 0 Å². The van der Waals surface area contributed by atoms with E-state index in [0.29, 0.717) is 29.0 Å². The van der Waals surface area contributed by atoms with Crippen molar-refractivity contribution in [3.63, 3.8) is 0 Å². The SMILES string of the molecule is CCSC(CCOC(=O)C12CC3CC4CC(C1)C4(C3)C2)C(C)CCCc1cnc(C)nc1N. The molecule has 1 aromatic rings. The second-order valence-electron chi connectivity index (χ2n) is 11.6. The van der Waals surface area contributed by atoms with E-state index in [9.17, 15) is 4.79 Å². The van der Waals surface area contributed by atoms with E-state index < -0.39 is 0 Å². The van der Waals surface area contributed by atoms with Gasteiger partial charge in [-0.15, -0.1) is 0 Å². The van der Waals surface area contributed by atoms with Crippen LogP contribution in [0.25, 0.3) is 0 Å². The number of carbonyl (C=O) groups is 1. The van der Waals surface area contributed by atoms with Crippen LogP contribution in [0.3, 0.4) is 0 Å². The van der Waals surface area contributed by atoms with Gasteiger partial charge >= 0.3 is 5.97 Å². The summed E-state index contributed by atoms with van der Waals surface area (Å²) in [7, 11) is 0. The Hall–Kier alpha value is -1.30. The Kier molecular flexibility index (Phi) is 6.43. The molecular weight excluding hydrogens is 430 g/mol. The number of aryl methyl sites for hydroxylation is 2. The number of hydrogen-bond acceptors (Lipinski definition) is 6. The molecule has 7 unspecified atom stereocenters. The van der Waals surface area contributed by atoms with Crippen LogP contribution in [-0.2, 0) is 16.0 Å². The van der Waals surface area contributed by atoms with Crippen molar-refractivity contribution in [1.82, 2.24) is 9.97 Å². The maximum Gasteiger partial charge on any atom is 0.312 e. The summed E-state index contributed by atoms with van der Waals surface area (Å²) in [6.07, 6.45) is 13.5. The molecule has 6 heteroatoms. The second kappa shape index (κ2) is 9.05. The van der Waals surface area contributed by atoms with Crippen LogP contribution in [0.15, 0.2) is 6.20 Å². The van der Waals surface area contributed by atoms with Gasteiger partial charge < -0.3 is 10.5 Å². The molecule has 0 radical (unpaired) electrons. The van der Waals surface area contributed by atoms with Crippen LogP contribution in [0, 0.1) is 41.4 Å². The average Bonchev–Trinajstić information content (AvgIpc) is 3.09. The molecule has 3 bridgehead atoms. The zero-order valence-corrected chi connectivity index (χ0v) is 21.5. The normalized spacial score (nSPS) is 35.2. The van der Waals surface area contributed by atoms with Gasteiger partial charge in [0, 0.05) is 17.0 Å². The predicted molar refractivity (Wildman–Crippen MR) is 134 cm³/mol. The molecule has 5 rings (SSSR count). The van der Waals surface area contributed by atoms with Crippen LogP contribution in [0.2, 0.25) is 0 Å². The molecule has 4 aliphatic carbocycles. The molecule has 0 saturated heterocycles. The van der Waals surface area contributed by atoms with Gasteiger partial charge in [0.25, 0.3) is 0 Å². The number of carbonyl (C=O) groups excluding carboxylic acids is 1. The molecule has 4 fully saturated rings. The van der Waals surface area contributed by atoms with Crippen LogP contribution in [-0.4, -0.2) is 33.5 Å². The van der Waals surface area contributed by atoms with Gasteiger partial charge in [0.15, 0.2) is 0 Å². The Balaban J connectivity index is 1.09. The monoisotopic (exact) mass is 471 g/mol. The number of nitrogens with zero attached hydrogens (tertiary/aromatic N) is 2. The summed E-state index contributed by atoms with van der Waals surface area (Å²) in [5.74, 6) is 5.69. The first kappa shape index (κ1) is 23.4. The van der Waals surface area contributed by atoms with Gasteiger partial charge in [0.05, 0.1) is 12.0 Å². The number of nitrogen functional groups attached to an aromatic ring is 1. The molecule has 0 aliphatic heterocycles. The third-order valence-corrected chi connectivity index (χ3v) is 11.1. The van der Waals surface area contributed by atoms with Crippen molar-refractivity contribution < 1.29 is 9.53 Å².